The Hall–Kier alpha value is -2.11. The van der Waals surface area contributed by atoms with Gasteiger partial charge in [-0.15, -0.1) is 0 Å². The van der Waals surface area contributed by atoms with E-state index in [9.17, 15) is 9.18 Å². The number of amides is 1. The average Bonchev–Trinajstić information content (AvgIpc) is 2.69. The van der Waals surface area contributed by atoms with E-state index in [1.54, 1.807) is 12.1 Å². The molecule has 1 aliphatic rings. The zero-order valence-corrected chi connectivity index (χ0v) is 16.3. The number of hydrogen-bond acceptors (Lipinski definition) is 3. The summed E-state index contributed by atoms with van der Waals surface area (Å²) in [5.74, 6) is -0.212. The van der Waals surface area contributed by atoms with Gasteiger partial charge >= 0.3 is 0 Å². The van der Waals surface area contributed by atoms with Gasteiger partial charge in [0.15, 0.2) is 0 Å². The second kappa shape index (κ2) is 9.20. The van der Waals surface area contributed by atoms with Crippen LogP contribution in [0.25, 0.3) is 0 Å². The monoisotopic (exact) mass is 389 g/mol. The lowest BCUT2D eigenvalue weighted by Crippen LogP contribution is -2.54. The zero-order valence-electron chi connectivity index (χ0n) is 15.5. The Morgan fingerprint density at radius 2 is 1.78 bits per heavy atom. The Morgan fingerprint density at radius 1 is 1.11 bits per heavy atom. The normalized spacial score (nSPS) is 16.2. The number of nitrogens with zero attached hydrogens (tertiary/aromatic N) is 2. The Bertz CT molecular complexity index is 760. The average molecular weight is 390 g/mol. The molecule has 1 aliphatic heterocycles. The number of piperazine rings is 1. The fraction of sp³-hybridized carbons (Fsp3) is 0.381. The minimum Gasteiger partial charge on any atom is -0.368 e. The molecule has 3 rings (SSSR count). The van der Waals surface area contributed by atoms with Crippen LogP contribution >= 0.6 is 11.6 Å². The zero-order chi connectivity index (χ0) is 19.2. The Morgan fingerprint density at radius 3 is 2.44 bits per heavy atom. The van der Waals surface area contributed by atoms with Gasteiger partial charge in [-0.2, -0.15) is 0 Å². The number of nitrogens with one attached hydrogen (secondary N) is 1. The highest BCUT2D eigenvalue weighted by atomic mass is 35.5. The molecule has 0 radical (unpaired) electrons. The number of benzene rings is 2. The number of carbonyl (C=O) groups is 1. The van der Waals surface area contributed by atoms with Gasteiger partial charge in [-0.25, -0.2) is 4.39 Å². The van der Waals surface area contributed by atoms with Crippen LogP contribution in [-0.2, 0) is 11.2 Å². The third-order valence-electron chi connectivity index (χ3n) is 5.06. The maximum Gasteiger partial charge on any atom is 0.237 e. The molecule has 1 N–H and O–H groups in total. The van der Waals surface area contributed by atoms with Gasteiger partial charge in [0.1, 0.15) is 5.82 Å². The third kappa shape index (κ3) is 5.21. The molecular formula is C21H25ClFN3O. The molecule has 0 aliphatic carbocycles. The molecule has 1 heterocycles. The first-order valence-corrected chi connectivity index (χ1v) is 9.68. The molecule has 2 aromatic rings. The minimum atomic E-state index is -0.243. The van der Waals surface area contributed by atoms with E-state index in [-0.39, 0.29) is 17.8 Å². The molecule has 0 aromatic heterocycles. The highest BCUT2D eigenvalue weighted by Crippen LogP contribution is 2.26. The minimum absolute atomic E-state index is 0.0308. The summed E-state index contributed by atoms with van der Waals surface area (Å²) in [4.78, 5) is 16.9. The molecule has 0 bridgehead atoms. The summed E-state index contributed by atoms with van der Waals surface area (Å²) in [6.45, 7) is 5.82. The van der Waals surface area contributed by atoms with Gasteiger partial charge in [0.25, 0.3) is 0 Å². The molecule has 2 aromatic carbocycles. The highest BCUT2D eigenvalue weighted by Gasteiger charge is 2.26. The molecule has 1 amide bonds. The van der Waals surface area contributed by atoms with E-state index in [2.05, 4.69) is 15.1 Å². The van der Waals surface area contributed by atoms with Gasteiger partial charge in [-0.05, 0) is 43.2 Å². The maximum absolute atomic E-state index is 12.9. The fourth-order valence-corrected chi connectivity index (χ4v) is 3.61. The molecule has 4 nitrogen and oxygen atoms in total. The fourth-order valence-electron chi connectivity index (χ4n) is 3.35. The number of rotatable bonds is 6. The van der Waals surface area contributed by atoms with Gasteiger partial charge in [0, 0.05) is 32.7 Å². The first kappa shape index (κ1) is 19.6. The van der Waals surface area contributed by atoms with E-state index >= 15 is 0 Å². The van der Waals surface area contributed by atoms with Crippen LogP contribution in [0.4, 0.5) is 10.1 Å². The van der Waals surface area contributed by atoms with Crippen molar-refractivity contribution >= 4 is 23.2 Å². The van der Waals surface area contributed by atoms with E-state index in [1.165, 1.54) is 12.1 Å². The van der Waals surface area contributed by atoms with E-state index in [0.29, 0.717) is 13.0 Å². The summed E-state index contributed by atoms with van der Waals surface area (Å²) in [7, 11) is 0. The van der Waals surface area contributed by atoms with Crippen molar-refractivity contribution in [3.05, 3.63) is 64.9 Å². The number of para-hydroxylation sites is 1. The van der Waals surface area contributed by atoms with Crippen LogP contribution in [0.2, 0.25) is 5.02 Å². The summed E-state index contributed by atoms with van der Waals surface area (Å²) in [5, 5.41) is 3.75. The van der Waals surface area contributed by atoms with Crippen molar-refractivity contribution < 1.29 is 9.18 Å². The lowest BCUT2D eigenvalue weighted by atomic mass is 10.1. The Balaban J connectivity index is 1.44. The molecule has 0 unspecified atom stereocenters. The summed E-state index contributed by atoms with van der Waals surface area (Å²) in [5.41, 5.74) is 2.06. The smallest absolute Gasteiger partial charge is 0.237 e. The van der Waals surface area contributed by atoms with Crippen molar-refractivity contribution in [3.63, 3.8) is 0 Å². The summed E-state index contributed by atoms with van der Waals surface area (Å²) >= 11 is 6.28. The van der Waals surface area contributed by atoms with Crippen molar-refractivity contribution in [1.82, 2.24) is 10.2 Å². The van der Waals surface area contributed by atoms with Gasteiger partial charge < -0.3 is 10.2 Å². The number of hydrogen-bond donors (Lipinski definition) is 1. The van der Waals surface area contributed by atoms with Gasteiger partial charge in [-0.3, -0.25) is 9.69 Å². The maximum atomic E-state index is 12.9. The molecule has 1 fully saturated rings. The quantitative estimate of drug-likeness (QED) is 0.823. The predicted molar refractivity (Wildman–Crippen MR) is 108 cm³/mol. The first-order valence-electron chi connectivity index (χ1n) is 9.30. The van der Waals surface area contributed by atoms with E-state index in [4.69, 9.17) is 11.6 Å². The second-order valence-electron chi connectivity index (χ2n) is 6.82. The molecular weight excluding hydrogens is 365 g/mol. The van der Waals surface area contributed by atoms with Crippen molar-refractivity contribution in [1.29, 1.82) is 0 Å². The first-order chi connectivity index (χ1) is 13.0. The number of anilines is 1. The highest BCUT2D eigenvalue weighted by molar-refractivity contribution is 6.33. The molecule has 0 spiro atoms. The van der Waals surface area contributed by atoms with Crippen molar-refractivity contribution in [2.24, 2.45) is 0 Å². The van der Waals surface area contributed by atoms with Crippen molar-refractivity contribution in [2.45, 2.75) is 19.4 Å². The molecule has 1 saturated heterocycles. The Kier molecular flexibility index (Phi) is 6.69. The van der Waals surface area contributed by atoms with Crippen molar-refractivity contribution in [2.75, 3.05) is 37.6 Å². The standard InChI is InChI=1S/C21H25ClFN3O/c1-16(21(27)24-11-10-17-6-8-18(23)9-7-17)25-12-14-26(15-13-25)20-5-3-2-4-19(20)22/h2-9,16H,10-15H2,1H3,(H,24,27)/t16-/m0/s1. The van der Waals surface area contributed by atoms with Crippen molar-refractivity contribution in [3.8, 4) is 0 Å². The lowest BCUT2D eigenvalue weighted by Gasteiger charge is -2.38. The third-order valence-corrected chi connectivity index (χ3v) is 5.38. The molecule has 6 heteroatoms. The molecule has 0 saturated carbocycles. The second-order valence-corrected chi connectivity index (χ2v) is 7.23. The van der Waals surface area contributed by atoms with Gasteiger partial charge in [0.05, 0.1) is 16.8 Å². The van der Waals surface area contributed by atoms with Crippen LogP contribution in [0.1, 0.15) is 12.5 Å². The van der Waals surface area contributed by atoms with Crippen LogP contribution in [0, 0.1) is 5.82 Å². The van der Waals surface area contributed by atoms with Crippen LogP contribution in [0.5, 0.6) is 0 Å². The largest absolute Gasteiger partial charge is 0.368 e. The molecule has 1 atom stereocenters. The Labute approximate surface area is 164 Å². The molecule has 27 heavy (non-hydrogen) atoms. The summed E-state index contributed by atoms with van der Waals surface area (Å²) < 4.78 is 12.9. The van der Waals surface area contributed by atoms with Crippen LogP contribution in [0.15, 0.2) is 48.5 Å². The molecule has 144 valence electrons. The predicted octanol–water partition coefficient (Wildman–Crippen LogP) is 3.35. The number of halogens is 2. The van der Waals surface area contributed by atoms with Crippen LogP contribution in [-0.4, -0.2) is 49.6 Å². The van der Waals surface area contributed by atoms with E-state index in [1.807, 2.05) is 31.2 Å². The summed E-state index contributed by atoms with van der Waals surface area (Å²) in [6, 6.07) is 14.1. The number of carbonyl (C=O) groups excluding carboxylic acids is 1. The topological polar surface area (TPSA) is 35.6 Å². The van der Waals surface area contributed by atoms with E-state index in [0.717, 1.165) is 42.5 Å². The van der Waals surface area contributed by atoms with Crippen LogP contribution in [0.3, 0.4) is 0 Å². The van der Waals surface area contributed by atoms with Gasteiger partial charge in [0.2, 0.25) is 5.91 Å². The van der Waals surface area contributed by atoms with E-state index < -0.39 is 0 Å². The lowest BCUT2D eigenvalue weighted by molar-refractivity contribution is -0.125. The summed E-state index contributed by atoms with van der Waals surface area (Å²) in [6.07, 6.45) is 0.693. The van der Waals surface area contributed by atoms with Crippen LogP contribution < -0.4 is 10.2 Å². The SMILES string of the molecule is C[C@@H](C(=O)NCCc1ccc(F)cc1)N1CCN(c2ccccc2Cl)CC1. The van der Waals surface area contributed by atoms with Gasteiger partial charge in [-0.1, -0.05) is 35.9 Å².